The van der Waals surface area contributed by atoms with Crippen LogP contribution in [0.5, 0.6) is 5.75 Å². The van der Waals surface area contributed by atoms with Gasteiger partial charge < -0.3 is 14.7 Å². The first-order valence-electron chi connectivity index (χ1n) is 10.4. The van der Waals surface area contributed by atoms with E-state index in [1.54, 1.807) is 11.6 Å². The molecule has 0 bridgehead atoms. The fourth-order valence-corrected chi connectivity index (χ4v) is 4.81. The third-order valence-electron chi connectivity index (χ3n) is 6.55. The SMILES string of the molecule is Cn1c(=O)n(CCC2CCN(C(=O)O)CC2)c2c(OCC3CCC3)c(Br)ccc21. The molecule has 7 nitrogen and oxygen atoms in total. The molecule has 8 heteroatoms. The molecule has 0 unspecified atom stereocenters. The number of aryl methyl sites for hydroxylation is 2. The van der Waals surface area contributed by atoms with E-state index in [2.05, 4.69) is 15.9 Å². The average Bonchev–Trinajstić information content (AvgIpc) is 2.91. The molecular formula is C21H28BrN3O4. The number of aromatic nitrogens is 2. The molecule has 2 aromatic rings. The van der Waals surface area contributed by atoms with Gasteiger partial charge in [-0.25, -0.2) is 9.59 Å². The highest BCUT2D eigenvalue weighted by Gasteiger charge is 2.25. The topological polar surface area (TPSA) is 76.7 Å². The van der Waals surface area contributed by atoms with Crippen molar-refractivity contribution in [3.63, 3.8) is 0 Å². The number of likely N-dealkylation sites (tertiary alicyclic amines) is 1. The fraction of sp³-hybridized carbons (Fsp3) is 0.619. The smallest absolute Gasteiger partial charge is 0.407 e. The van der Waals surface area contributed by atoms with Crippen LogP contribution in [0.15, 0.2) is 21.4 Å². The number of benzene rings is 1. The molecule has 1 aromatic carbocycles. The molecule has 29 heavy (non-hydrogen) atoms. The van der Waals surface area contributed by atoms with E-state index < -0.39 is 6.09 Å². The quantitative estimate of drug-likeness (QED) is 0.697. The Morgan fingerprint density at radius 2 is 1.93 bits per heavy atom. The average molecular weight is 466 g/mol. The summed E-state index contributed by atoms with van der Waals surface area (Å²) in [6, 6.07) is 3.91. The Bertz CT molecular complexity index is 955. The summed E-state index contributed by atoms with van der Waals surface area (Å²) in [5.74, 6) is 1.80. The highest BCUT2D eigenvalue weighted by Crippen LogP contribution is 2.36. The summed E-state index contributed by atoms with van der Waals surface area (Å²) in [7, 11) is 1.80. The number of hydrogen-bond donors (Lipinski definition) is 1. The maximum absolute atomic E-state index is 12.9. The van der Waals surface area contributed by atoms with E-state index in [-0.39, 0.29) is 5.69 Å². The zero-order valence-electron chi connectivity index (χ0n) is 16.8. The number of imidazole rings is 1. The zero-order valence-corrected chi connectivity index (χ0v) is 18.4. The van der Waals surface area contributed by atoms with Crippen molar-refractivity contribution in [1.29, 1.82) is 0 Å². The van der Waals surface area contributed by atoms with Gasteiger partial charge in [-0.3, -0.25) is 9.13 Å². The van der Waals surface area contributed by atoms with Gasteiger partial charge in [0.1, 0.15) is 5.52 Å². The Morgan fingerprint density at radius 1 is 1.21 bits per heavy atom. The number of carbonyl (C=O) groups is 1. The lowest BCUT2D eigenvalue weighted by atomic mass is 9.86. The standard InChI is InChI=1S/C21H28BrN3O4/c1-23-17-6-5-16(22)19(29-13-15-3-2-4-15)18(17)25(20(23)26)12-9-14-7-10-24(11-8-14)21(27)28/h5-6,14-15H,2-4,7-13H2,1H3,(H,27,28). The zero-order chi connectivity index (χ0) is 20.5. The lowest BCUT2D eigenvalue weighted by Crippen LogP contribution is -2.37. The predicted molar refractivity (Wildman–Crippen MR) is 115 cm³/mol. The van der Waals surface area contributed by atoms with E-state index in [9.17, 15) is 9.59 Å². The van der Waals surface area contributed by atoms with Crippen LogP contribution in [0.1, 0.15) is 38.5 Å². The van der Waals surface area contributed by atoms with Crippen LogP contribution >= 0.6 is 15.9 Å². The van der Waals surface area contributed by atoms with Gasteiger partial charge in [-0.2, -0.15) is 0 Å². The Labute approximate surface area is 178 Å². The second-order valence-electron chi connectivity index (χ2n) is 8.35. The normalized spacial score (nSPS) is 18.2. The van der Waals surface area contributed by atoms with E-state index in [0.717, 1.165) is 40.5 Å². The van der Waals surface area contributed by atoms with E-state index in [1.165, 1.54) is 24.2 Å². The van der Waals surface area contributed by atoms with Crippen LogP contribution in [0.2, 0.25) is 0 Å². The monoisotopic (exact) mass is 465 g/mol. The van der Waals surface area contributed by atoms with Crippen molar-refractivity contribution in [2.45, 2.75) is 45.1 Å². The third kappa shape index (κ3) is 4.04. The summed E-state index contributed by atoms with van der Waals surface area (Å²) in [6.07, 6.45) is 5.42. The molecule has 1 aromatic heterocycles. The fourth-order valence-electron chi connectivity index (χ4n) is 4.38. The van der Waals surface area contributed by atoms with Crippen LogP contribution < -0.4 is 10.4 Å². The summed E-state index contributed by atoms with van der Waals surface area (Å²) in [4.78, 5) is 25.5. The van der Waals surface area contributed by atoms with Gasteiger partial charge in [-0.05, 0) is 72.0 Å². The molecule has 1 saturated heterocycles. The first kappa shape index (κ1) is 20.3. The van der Waals surface area contributed by atoms with Gasteiger partial charge in [0, 0.05) is 26.7 Å². The van der Waals surface area contributed by atoms with E-state index in [0.29, 0.717) is 38.1 Å². The number of hydrogen-bond acceptors (Lipinski definition) is 3. The van der Waals surface area contributed by atoms with Crippen molar-refractivity contribution in [3.8, 4) is 5.75 Å². The second-order valence-corrected chi connectivity index (χ2v) is 9.20. The lowest BCUT2D eigenvalue weighted by molar-refractivity contribution is 0.122. The number of fused-ring (bicyclic) bond motifs is 1. The Kier molecular flexibility index (Phi) is 5.90. The number of amides is 1. The maximum atomic E-state index is 12.9. The number of piperidine rings is 1. The highest BCUT2D eigenvalue weighted by atomic mass is 79.9. The van der Waals surface area contributed by atoms with Crippen LogP contribution in [0.25, 0.3) is 11.0 Å². The molecular weight excluding hydrogens is 438 g/mol. The van der Waals surface area contributed by atoms with Gasteiger partial charge in [-0.1, -0.05) is 6.42 Å². The van der Waals surface area contributed by atoms with E-state index in [4.69, 9.17) is 9.84 Å². The van der Waals surface area contributed by atoms with Crippen molar-refractivity contribution < 1.29 is 14.6 Å². The van der Waals surface area contributed by atoms with Crippen LogP contribution in [0.4, 0.5) is 4.79 Å². The number of halogens is 1. The lowest BCUT2D eigenvalue weighted by Gasteiger charge is -2.30. The summed E-state index contributed by atoms with van der Waals surface area (Å²) in [5, 5.41) is 9.12. The molecule has 4 rings (SSSR count). The van der Waals surface area contributed by atoms with Crippen molar-refractivity contribution in [1.82, 2.24) is 14.0 Å². The summed E-state index contributed by atoms with van der Waals surface area (Å²) in [5.41, 5.74) is 1.70. The van der Waals surface area contributed by atoms with Crippen LogP contribution in [-0.2, 0) is 13.6 Å². The minimum atomic E-state index is -0.841. The van der Waals surface area contributed by atoms with Crippen molar-refractivity contribution in [2.24, 2.45) is 18.9 Å². The van der Waals surface area contributed by atoms with Crippen LogP contribution in [-0.4, -0.2) is 44.9 Å². The van der Waals surface area contributed by atoms with Crippen LogP contribution in [0.3, 0.4) is 0 Å². The van der Waals surface area contributed by atoms with Gasteiger partial charge in [0.15, 0.2) is 5.75 Å². The Morgan fingerprint density at radius 3 is 2.55 bits per heavy atom. The summed E-state index contributed by atoms with van der Waals surface area (Å²) < 4.78 is 10.6. The molecule has 0 atom stereocenters. The molecule has 0 radical (unpaired) electrons. The van der Waals surface area contributed by atoms with E-state index >= 15 is 0 Å². The van der Waals surface area contributed by atoms with Crippen LogP contribution in [0, 0.1) is 11.8 Å². The number of ether oxygens (including phenoxy) is 1. The van der Waals surface area contributed by atoms with Crippen molar-refractivity contribution in [3.05, 3.63) is 27.1 Å². The van der Waals surface area contributed by atoms with Crippen molar-refractivity contribution >= 4 is 33.1 Å². The Hall–Kier alpha value is -1.96. The molecule has 1 aliphatic carbocycles. The molecule has 1 N–H and O–H groups in total. The number of nitrogens with zero attached hydrogens (tertiary/aromatic N) is 3. The molecule has 1 amide bonds. The van der Waals surface area contributed by atoms with Gasteiger partial charge in [0.25, 0.3) is 0 Å². The van der Waals surface area contributed by atoms with Crippen molar-refractivity contribution in [2.75, 3.05) is 19.7 Å². The van der Waals surface area contributed by atoms with E-state index in [1.807, 2.05) is 16.7 Å². The molecule has 158 valence electrons. The summed E-state index contributed by atoms with van der Waals surface area (Å²) >= 11 is 3.61. The molecule has 1 saturated carbocycles. The van der Waals surface area contributed by atoms with Gasteiger partial charge in [0.05, 0.1) is 16.6 Å². The maximum Gasteiger partial charge on any atom is 0.407 e. The third-order valence-corrected chi connectivity index (χ3v) is 7.17. The Balaban J connectivity index is 1.55. The molecule has 2 heterocycles. The summed E-state index contributed by atoms with van der Waals surface area (Å²) in [6.45, 7) is 2.45. The first-order valence-corrected chi connectivity index (χ1v) is 11.2. The molecule has 2 aliphatic rings. The molecule has 2 fully saturated rings. The van der Waals surface area contributed by atoms with Gasteiger partial charge in [-0.15, -0.1) is 0 Å². The van der Waals surface area contributed by atoms with Gasteiger partial charge in [0.2, 0.25) is 0 Å². The largest absolute Gasteiger partial charge is 0.490 e. The highest BCUT2D eigenvalue weighted by molar-refractivity contribution is 9.10. The minimum absolute atomic E-state index is 0.0328. The number of rotatable bonds is 6. The minimum Gasteiger partial charge on any atom is -0.490 e. The van der Waals surface area contributed by atoms with Gasteiger partial charge >= 0.3 is 11.8 Å². The predicted octanol–water partition coefficient (Wildman–Crippen LogP) is 4.06. The second kappa shape index (κ2) is 8.42. The number of carboxylic acid groups (broad SMARTS) is 1. The molecule has 0 spiro atoms. The first-order chi connectivity index (χ1) is 14.0. The molecule has 1 aliphatic heterocycles.